The predicted octanol–water partition coefficient (Wildman–Crippen LogP) is 3.78. The van der Waals surface area contributed by atoms with Gasteiger partial charge in [-0.15, -0.1) is 0 Å². The fourth-order valence-electron chi connectivity index (χ4n) is 3.26. The van der Waals surface area contributed by atoms with Crippen LogP contribution in [0.25, 0.3) is 5.70 Å². The standard InChI is InChI=1S/C19H24N4/c1-3-6-14-11-16(12(2)20)18(21)23-19(14)22-17-10-5-8-13-7-4-9-15(13)17/h5,8,10-11H,2-4,6-7,9,20H2,1H3,(H3,21,22,23). The van der Waals surface area contributed by atoms with Crippen molar-refractivity contribution in [1.82, 2.24) is 4.98 Å². The van der Waals surface area contributed by atoms with Crippen LogP contribution in [0.2, 0.25) is 0 Å². The van der Waals surface area contributed by atoms with Crippen molar-refractivity contribution >= 4 is 23.0 Å². The number of benzene rings is 1. The van der Waals surface area contributed by atoms with E-state index in [0.717, 1.165) is 48.3 Å². The lowest BCUT2D eigenvalue weighted by atomic mass is 10.1. The van der Waals surface area contributed by atoms with Gasteiger partial charge in [0.25, 0.3) is 0 Å². The number of nitrogen functional groups attached to an aromatic ring is 1. The number of nitrogens with two attached hydrogens (primary N) is 2. The fourth-order valence-corrected chi connectivity index (χ4v) is 3.26. The molecule has 0 saturated heterocycles. The highest BCUT2D eigenvalue weighted by molar-refractivity contribution is 5.74. The van der Waals surface area contributed by atoms with E-state index in [4.69, 9.17) is 11.5 Å². The minimum Gasteiger partial charge on any atom is -0.399 e. The van der Waals surface area contributed by atoms with Crippen molar-refractivity contribution < 1.29 is 0 Å². The summed E-state index contributed by atoms with van der Waals surface area (Å²) in [6.45, 7) is 5.94. The summed E-state index contributed by atoms with van der Waals surface area (Å²) in [6.07, 6.45) is 5.45. The Balaban J connectivity index is 2.01. The average molecular weight is 308 g/mol. The van der Waals surface area contributed by atoms with Crippen molar-refractivity contribution in [3.63, 3.8) is 0 Å². The quantitative estimate of drug-likeness (QED) is 0.785. The molecule has 3 rings (SSSR count). The second-order valence-corrected chi connectivity index (χ2v) is 6.13. The van der Waals surface area contributed by atoms with E-state index in [0.29, 0.717) is 11.5 Å². The maximum absolute atomic E-state index is 6.06. The summed E-state index contributed by atoms with van der Waals surface area (Å²) >= 11 is 0. The van der Waals surface area contributed by atoms with E-state index in [1.807, 2.05) is 6.07 Å². The molecule has 0 fully saturated rings. The SMILES string of the molecule is C=C(N)c1cc(CCC)c(Nc2cccc3c2CCC3)nc1N. The highest BCUT2D eigenvalue weighted by Gasteiger charge is 2.16. The number of anilines is 3. The highest BCUT2D eigenvalue weighted by Crippen LogP contribution is 2.32. The van der Waals surface area contributed by atoms with Gasteiger partial charge in [-0.25, -0.2) is 4.98 Å². The van der Waals surface area contributed by atoms with Gasteiger partial charge in [0.05, 0.1) is 0 Å². The molecule has 1 aromatic carbocycles. The van der Waals surface area contributed by atoms with E-state index in [1.54, 1.807) is 0 Å². The van der Waals surface area contributed by atoms with Crippen molar-refractivity contribution in [3.05, 3.63) is 53.1 Å². The van der Waals surface area contributed by atoms with Gasteiger partial charge in [0.15, 0.2) is 0 Å². The zero-order chi connectivity index (χ0) is 16.4. The molecule has 4 nitrogen and oxygen atoms in total. The molecular weight excluding hydrogens is 284 g/mol. The van der Waals surface area contributed by atoms with E-state index in [2.05, 4.69) is 42.0 Å². The molecular formula is C19H24N4. The van der Waals surface area contributed by atoms with E-state index in [9.17, 15) is 0 Å². The highest BCUT2D eigenvalue weighted by atomic mass is 15.0. The third-order valence-corrected chi connectivity index (χ3v) is 4.40. The Hall–Kier alpha value is -2.49. The smallest absolute Gasteiger partial charge is 0.136 e. The maximum Gasteiger partial charge on any atom is 0.136 e. The topological polar surface area (TPSA) is 77.0 Å². The van der Waals surface area contributed by atoms with Crippen LogP contribution >= 0.6 is 0 Å². The Labute approximate surface area is 137 Å². The average Bonchev–Trinajstić information content (AvgIpc) is 2.99. The molecule has 0 atom stereocenters. The Morgan fingerprint density at radius 3 is 2.91 bits per heavy atom. The van der Waals surface area contributed by atoms with Crippen molar-refractivity contribution in [3.8, 4) is 0 Å². The van der Waals surface area contributed by atoms with Gasteiger partial charge in [-0.1, -0.05) is 32.1 Å². The molecule has 0 bridgehead atoms. The summed E-state index contributed by atoms with van der Waals surface area (Å²) in [5, 5.41) is 3.50. The molecule has 0 unspecified atom stereocenters. The molecule has 1 aliphatic carbocycles. The Bertz CT molecular complexity index is 749. The zero-order valence-electron chi connectivity index (χ0n) is 13.7. The van der Waals surface area contributed by atoms with Crippen molar-refractivity contribution in [2.75, 3.05) is 11.1 Å². The molecule has 5 N–H and O–H groups in total. The number of rotatable bonds is 5. The lowest BCUT2D eigenvalue weighted by Gasteiger charge is -2.16. The first kappa shape index (κ1) is 15.4. The third-order valence-electron chi connectivity index (χ3n) is 4.40. The first-order valence-corrected chi connectivity index (χ1v) is 8.22. The van der Waals surface area contributed by atoms with Gasteiger partial charge < -0.3 is 16.8 Å². The number of hydrogen-bond donors (Lipinski definition) is 3. The molecule has 0 aliphatic heterocycles. The van der Waals surface area contributed by atoms with E-state index < -0.39 is 0 Å². The van der Waals surface area contributed by atoms with Gasteiger partial charge in [0, 0.05) is 16.9 Å². The van der Waals surface area contributed by atoms with E-state index in [-0.39, 0.29) is 0 Å². The number of aromatic nitrogens is 1. The summed E-state index contributed by atoms with van der Waals surface area (Å²) < 4.78 is 0. The van der Waals surface area contributed by atoms with Crippen LogP contribution in [0.1, 0.15) is 42.0 Å². The number of aryl methyl sites for hydroxylation is 2. The molecule has 2 aromatic rings. The summed E-state index contributed by atoms with van der Waals surface area (Å²) in [6, 6.07) is 8.45. The van der Waals surface area contributed by atoms with Crippen molar-refractivity contribution in [2.45, 2.75) is 39.0 Å². The summed E-state index contributed by atoms with van der Waals surface area (Å²) in [5.74, 6) is 1.25. The fraction of sp³-hybridized carbons (Fsp3) is 0.316. The van der Waals surface area contributed by atoms with Crippen molar-refractivity contribution in [2.24, 2.45) is 5.73 Å². The number of pyridine rings is 1. The van der Waals surface area contributed by atoms with Gasteiger partial charge >= 0.3 is 0 Å². The molecule has 1 heterocycles. The molecule has 0 saturated carbocycles. The van der Waals surface area contributed by atoms with Crippen LogP contribution in [0.5, 0.6) is 0 Å². The summed E-state index contributed by atoms with van der Waals surface area (Å²) in [4.78, 5) is 4.56. The van der Waals surface area contributed by atoms with Crippen LogP contribution in [0, 0.1) is 0 Å². The third kappa shape index (κ3) is 3.02. The van der Waals surface area contributed by atoms with Gasteiger partial charge in [0.2, 0.25) is 0 Å². The van der Waals surface area contributed by atoms with Crippen LogP contribution in [0.3, 0.4) is 0 Å². The summed E-state index contributed by atoms with van der Waals surface area (Å²) in [5.41, 5.74) is 18.2. The van der Waals surface area contributed by atoms with Crippen LogP contribution in [-0.4, -0.2) is 4.98 Å². The maximum atomic E-state index is 6.06. The second-order valence-electron chi connectivity index (χ2n) is 6.13. The molecule has 0 amide bonds. The monoisotopic (exact) mass is 308 g/mol. The second kappa shape index (κ2) is 6.32. The minimum absolute atomic E-state index is 0.424. The van der Waals surface area contributed by atoms with Gasteiger partial charge in [0.1, 0.15) is 11.6 Å². The number of nitrogens with zero attached hydrogens (tertiary/aromatic N) is 1. The molecule has 23 heavy (non-hydrogen) atoms. The Kier molecular flexibility index (Phi) is 4.24. The Morgan fingerprint density at radius 2 is 2.17 bits per heavy atom. The molecule has 1 aromatic heterocycles. The van der Waals surface area contributed by atoms with Crippen molar-refractivity contribution in [1.29, 1.82) is 0 Å². The molecule has 0 spiro atoms. The zero-order valence-corrected chi connectivity index (χ0v) is 13.7. The minimum atomic E-state index is 0.424. The Morgan fingerprint density at radius 1 is 1.35 bits per heavy atom. The predicted molar refractivity (Wildman–Crippen MR) is 97.6 cm³/mol. The van der Waals surface area contributed by atoms with Crippen LogP contribution in [0.15, 0.2) is 30.8 Å². The largest absolute Gasteiger partial charge is 0.399 e. The molecule has 120 valence electrons. The van der Waals surface area contributed by atoms with Gasteiger partial charge in [-0.2, -0.15) is 0 Å². The molecule has 0 radical (unpaired) electrons. The van der Waals surface area contributed by atoms with Gasteiger partial charge in [-0.05, 0) is 54.5 Å². The van der Waals surface area contributed by atoms with E-state index >= 15 is 0 Å². The summed E-state index contributed by atoms with van der Waals surface area (Å²) in [7, 11) is 0. The normalized spacial score (nSPS) is 12.9. The molecule has 1 aliphatic rings. The number of nitrogens with one attached hydrogen (secondary N) is 1. The van der Waals surface area contributed by atoms with Crippen LogP contribution in [-0.2, 0) is 19.3 Å². The first-order chi connectivity index (χ1) is 11.1. The van der Waals surface area contributed by atoms with E-state index in [1.165, 1.54) is 17.5 Å². The van der Waals surface area contributed by atoms with Gasteiger partial charge in [-0.3, -0.25) is 0 Å². The first-order valence-electron chi connectivity index (χ1n) is 8.22. The van der Waals surface area contributed by atoms with Crippen LogP contribution in [0.4, 0.5) is 17.3 Å². The lowest BCUT2D eigenvalue weighted by molar-refractivity contribution is 0.910. The van der Waals surface area contributed by atoms with Crippen LogP contribution < -0.4 is 16.8 Å². The molecule has 4 heteroatoms. The number of fused-ring (bicyclic) bond motifs is 1. The number of hydrogen-bond acceptors (Lipinski definition) is 4. The lowest BCUT2D eigenvalue weighted by Crippen LogP contribution is -2.08.